The molecule has 0 heterocycles. The van der Waals surface area contributed by atoms with Crippen molar-refractivity contribution in [2.24, 2.45) is 34.5 Å². The third-order valence-electron chi connectivity index (χ3n) is 9.17. The van der Waals surface area contributed by atoms with E-state index in [9.17, 15) is 5.11 Å². The van der Waals surface area contributed by atoms with Crippen LogP contribution in [0, 0.1) is 34.5 Å². The van der Waals surface area contributed by atoms with Crippen molar-refractivity contribution in [2.45, 2.75) is 77.1 Å². The first-order chi connectivity index (χ1) is 11.9. The van der Waals surface area contributed by atoms with Gasteiger partial charge in [0, 0.05) is 14.2 Å². The first-order valence-electron chi connectivity index (χ1n) is 10.3. The number of fused-ring (bicyclic) bond motifs is 5. The minimum atomic E-state index is -0.176. The molecule has 4 unspecified atom stereocenters. The molecule has 4 fully saturated rings. The molecular formula is C22H36O3. The largest absolute Gasteiger partial charge is 0.393 e. The Labute approximate surface area is 153 Å². The van der Waals surface area contributed by atoms with Crippen LogP contribution in [0.1, 0.15) is 58.8 Å². The summed E-state index contributed by atoms with van der Waals surface area (Å²) < 4.78 is 12.2. The van der Waals surface area contributed by atoms with Gasteiger partial charge in [0.15, 0.2) is 0 Å². The van der Waals surface area contributed by atoms with E-state index in [4.69, 9.17) is 9.47 Å². The Morgan fingerprint density at radius 3 is 2.36 bits per heavy atom. The van der Waals surface area contributed by atoms with E-state index < -0.39 is 0 Å². The maximum Gasteiger partial charge on any atom is 0.0870 e. The summed E-state index contributed by atoms with van der Waals surface area (Å²) >= 11 is 0. The molecule has 0 amide bonds. The van der Waals surface area contributed by atoms with E-state index in [1.54, 1.807) is 0 Å². The summed E-state index contributed by atoms with van der Waals surface area (Å²) in [5.74, 6) is 2.32. The van der Waals surface area contributed by atoms with Gasteiger partial charge < -0.3 is 14.6 Å². The number of allylic oxidation sites excluding steroid dienone is 1. The summed E-state index contributed by atoms with van der Waals surface area (Å²) in [6.07, 6.45) is 7.99. The molecule has 3 heteroatoms. The minimum Gasteiger partial charge on any atom is -0.393 e. The molecule has 9 atom stereocenters. The van der Waals surface area contributed by atoms with Crippen molar-refractivity contribution in [1.29, 1.82) is 0 Å². The Morgan fingerprint density at radius 1 is 0.960 bits per heavy atom. The number of methoxy groups -OCH3 is 2. The molecule has 3 nitrogen and oxygen atoms in total. The summed E-state index contributed by atoms with van der Waals surface area (Å²) in [5.41, 5.74) is 2.02. The van der Waals surface area contributed by atoms with Gasteiger partial charge in [0.1, 0.15) is 0 Å². The first-order valence-corrected chi connectivity index (χ1v) is 10.3. The summed E-state index contributed by atoms with van der Waals surface area (Å²) in [5, 5.41) is 10.3. The molecule has 0 aliphatic heterocycles. The van der Waals surface area contributed by atoms with Crippen molar-refractivity contribution >= 4 is 0 Å². The van der Waals surface area contributed by atoms with Crippen LogP contribution in [0.4, 0.5) is 0 Å². The fourth-order valence-corrected chi connectivity index (χ4v) is 7.68. The predicted molar refractivity (Wildman–Crippen MR) is 99.2 cm³/mol. The van der Waals surface area contributed by atoms with Crippen LogP contribution in [0.25, 0.3) is 0 Å². The molecule has 0 saturated heterocycles. The zero-order chi connectivity index (χ0) is 18.0. The normalized spacial score (nSPS) is 55.4. The van der Waals surface area contributed by atoms with E-state index in [0.717, 1.165) is 19.3 Å². The molecule has 4 aliphatic carbocycles. The smallest absolute Gasteiger partial charge is 0.0870 e. The monoisotopic (exact) mass is 348 g/mol. The third-order valence-corrected chi connectivity index (χ3v) is 9.17. The van der Waals surface area contributed by atoms with Gasteiger partial charge in [0.25, 0.3) is 0 Å². The lowest BCUT2D eigenvalue weighted by Crippen LogP contribution is -2.64. The van der Waals surface area contributed by atoms with Gasteiger partial charge in [-0.05, 0) is 79.4 Å². The zero-order valence-corrected chi connectivity index (χ0v) is 16.5. The van der Waals surface area contributed by atoms with Gasteiger partial charge in [0.05, 0.1) is 18.3 Å². The fraction of sp³-hybridized carbons (Fsp3) is 0.909. The van der Waals surface area contributed by atoms with Crippen LogP contribution in [0.15, 0.2) is 12.2 Å². The number of aliphatic hydroxyl groups is 1. The van der Waals surface area contributed by atoms with Crippen LogP contribution in [0.5, 0.6) is 0 Å². The molecule has 25 heavy (non-hydrogen) atoms. The molecular weight excluding hydrogens is 312 g/mol. The topological polar surface area (TPSA) is 38.7 Å². The van der Waals surface area contributed by atoms with Crippen molar-refractivity contribution in [3.8, 4) is 0 Å². The Bertz CT molecular complexity index is 545. The zero-order valence-electron chi connectivity index (χ0n) is 16.5. The first kappa shape index (κ1) is 18.0. The van der Waals surface area contributed by atoms with E-state index in [0.29, 0.717) is 23.7 Å². The van der Waals surface area contributed by atoms with Crippen LogP contribution in [0.2, 0.25) is 0 Å². The third kappa shape index (κ3) is 2.34. The molecule has 1 N–H and O–H groups in total. The fourth-order valence-electron chi connectivity index (χ4n) is 7.68. The molecule has 4 aliphatic rings. The Morgan fingerprint density at radius 2 is 1.68 bits per heavy atom. The highest BCUT2D eigenvalue weighted by Crippen LogP contribution is 2.67. The van der Waals surface area contributed by atoms with Gasteiger partial charge >= 0.3 is 0 Å². The molecule has 0 aromatic heterocycles. The minimum absolute atomic E-state index is 0.0995. The van der Waals surface area contributed by atoms with E-state index in [2.05, 4.69) is 20.4 Å². The van der Waals surface area contributed by atoms with Crippen molar-refractivity contribution < 1.29 is 14.6 Å². The van der Waals surface area contributed by atoms with Crippen LogP contribution in [0.3, 0.4) is 0 Å². The average Bonchev–Trinajstić information content (AvgIpc) is 2.90. The van der Waals surface area contributed by atoms with E-state index >= 15 is 0 Å². The predicted octanol–water partition coefficient (Wildman–Crippen LogP) is 4.20. The van der Waals surface area contributed by atoms with Gasteiger partial charge in [-0.3, -0.25) is 0 Å². The van der Waals surface area contributed by atoms with Crippen LogP contribution >= 0.6 is 0 Å². The maximum absolute atomic E-state index is 10.3. The highest BCUT2D eigenvalue weighted by molar-refractivity contribution is 5.23. The number of aliphatic hydroxyl groups excluding tert-OH is 1. The lowest BCUT2D eigenvalue weighted by atomic mass is 9.43. The quantitative estimate of drug-likeness (QED) is 0.760. The van der Waals surface area contributed by atoms with Crippen molar-refractivity contribution in [3.05, 3.63) is 12.2 Å². The highest BCUT2D eigenvalue weighted by Gasteiger charge is 2.64. The van der Waals surface area contributed by atoms with E-state index in [1.807, 2.05) is 14.2 Å². The van der Waals surface area contributed by atoms with Gasteiger partial charge in [-0.15, -0.1) is 0 Å². The Balaban J connectivity index is 1.77. The second-order valence-corrected chi connectivity index (χ2v) is 9.83. The molecule has 0 spiro atoms. The van der Waals surface area contributed by atoms with Gasteiger partial charge in [-0.1, -0.05) is 26.0 Å². The molecule has 0 aromatic rings. The molecule has 142 valence electrons. The molecule has 4 rings (SSSR count). The van der Waals surface area contributed by atoms with E-state index in [1.165, 1.54) is 31.3 Å². The molecule has 0 bridgehead atoms. The summed E-state index contributed by atoms with van der Waals surface area (Å²) in [4.78, 5) is 0. The molecule has 0 radical (unpaired) electrons. The summed E-state index contributed by atoms with van der Waals surface area (Å²) in [7, 11) is 3.71. The number of rotatable bonds is 2. The highest BCUT2D eigenvalue weighted by atomic mass is 16.5. The number of ether oxygens (including phenoxy) is 2. The average molecular weight is 349 g/mol. The van der Waals surface area contributed by atoms with Crippen molar-refractivity contribution in [2.75, 3.05) is 14.2 Å². The van der Waals surface area contributed by atoms with Gasteiger partial charge in [0.2, 0.25) is 0 Å². The second-order valence-electron chi connectivity index (χ2n) is 9.83. The van der Waals surface area contributed by atoms with Gasteiger partial charge in [-0.25, -0.2) is 0 Å². The van der Waals surface area contributed by atoms with Crippen LogP contribution in [-0.4, -0.2) is 37.6 Å². The standard InChI is InChI=1S/C22H36O3/c1-13-6-7-15-18-16(9-11-21(13,15)2)22(3)10-8-14(23)12-17(22)19(24-4)20(18)25-5/h14-20,23H,1,6-12H2,2-5H3/t14-,15?,16?,17?,18?,19+,20+,21+,22+/m0/s1. The summed E-state index contributed by atoms with van der Waals surface area (Å²) in [6.45, 7) is 9.39. The second kappa shape index (κ2) is 6.07. The lowest BCUT2D eigenvalue weighted by Gasteiger charge is -2.64. The van der Waals surface area contributed by atoms with Crippen LogP contribution in [-0.2, 0) is 9.47 Å². The summed E-state index contributed by atoms with van der Waals surface area (Å²) in [6, 6.07) is 0. The lowest BCUT2D eigenvalue weighted by molar-refractivity contribution is -0.232. The Kier molecular flexibility index (Phi) is 4.37. The Hall–Kier alpha value is -0.380. The number of hydrogen-bond acceptors (Lipinski definition) is 3. The molecule has 0 aromatic carbocycles. The van der Waals surface area contributed by atoms with Crippen molar-refractivity contribution in [3.63, 3.8) is 0 Å². The van der Waals surface area contributed by atoms with E-state index in [-0.39, 0.29) is 29.1 Å². The van der Waals surface area contributed by atoms with Crippen molar-refractivity contribution in [1.82, 2.24) is 0 Å². The van der Waals surface area contributed by atoms with Gasteiger partial charge in [-0.2, -0.15) is 0 Å². The number of hydrogen-bond donors (Lipinski definition) is 1. The SMILES string of the molecule is C=C1CCC2C3C(CC[C@]12C)[C@@]1(C)CC[C@H](O)CC1[C@@H](OC)[C@@H]3OC. The maximum atomic E-state index is 10.3. The van der Waals surface area contributed by atoms with Crippen LogP contribution < -0.4 is 0 Å². The molecule has 4 saturated carbocycles.